The molecule has 0 rings (SSSR count). The first kappa shape index (κ1) is 64.5. The van der Waals surface area contributed by atoms with Crippen LogP contribution in [-0.2, 0) is 18.4 Å². The Hall–Kier alpha value is -0.500. The molecule has 0 aliphatic carbocycles. The van der Waals surface area contributed by atoms with E-state index >= 15 is 0 Å². The van der Waals surface area contributed by atoms with Gasteiger partial charge in [-0.2, -0.15) is 0 Å². The van der Waals surface area contributed by atoms with E-state index in [1.54, 1.807) is 0 Å². The fourth-order valence-electron chi connectivity index (χ4n) is 9.04. The third-order valence-electron chi connectivity index (χ3n) is 13.6. The number of quaternary nitrogens is 1. The van der Waals surface area contributed by atoms with E-state index in [4.69, 9.17) is 9.05 Å². The van der Waals surface area contributed by atoms with Crippen LogP contribution in [0.4, 0.5) is 0 Å². The minimum Gasteiger partial charge on any atom is -0.756 e. The number of aliphatic hydroxyl groups is 1. The molecule has 0 aromatic heterocycles. The zero-order valence-electron chi connectivity index (χ0n) is 44.5. The molecule has 390 valence electrons. The van der Waals surface area contributed by atoms with Crippen molar-refractivity contribution in [1.29, 1.82) is 0 Å². The standard InChI is InChI=1S/C56H115N2O6P/c1-6-8-10-11-12-13-14-15-16-17-18-19-20-21-22-23-24-25-26-27-28-29-30-31-32-33-34-35-36-37-38-39-40-41-42-43-44-45-46-48-50-56(60)57-54(55(59)49-47-9-7-2)53-64-65(61,62)63-52-51-58(3,4)5/h54-55,59H,6-53H2,1-5H3,(H-,57,60,61,62). The molecule has 65 heavy (non-hydrogen) atoms. The number of carbonyl (C=O) groups excluding carboxylic acids is 1. The predicted molar refractivity (Wildman–Crippen MR) is 279 cm³/mol. The van der Waals surface area contributed by atoms with Gasteiger partial charge in [0.15, 0.2) is 0 Å². The maximum atomic E-state index is 12.7. The van der Waals surface area contributed by atoms with Crippen LogP contribution < -0.4 is 10.2 Å². The summed E-state index contributed by atoms with van der Waals surface area (Å²) < 4.78 is 23.0. The van der Waals surface area contributed by atoms with Gasteiger partial charge in [-0.25, -0.2) is 0 Å². The van der Waals surface area contributed by atoms with Gasteiger partial charge in [0.2, 0.25) is 5.91 Å². The van der Waals surface area contributed by atoms with Gasteiger partial charge < -0.3 is 28.8 Å². The van der Waals surface area contributed by atoms with E-state index in [1.807, 2.05) is 21.1 Å². The van der Waals surface area contributed by atoms with Crippen molar-refractivity contribution >= 4 is 13.7 Å². The maximum Gasteiger partial charge on any atom is 0.268 e. The first-order valence-corrected chi connectivity index (χ1v) is 30.3. The molecule has 0 radical (unpaired) electrons. The van der Waals surface area contributed by atoms with Gasteiger partial charge in [0, 0.05) is 6.42 Å². The number of phosphoric acid groups is 1. The number of phosphoric ester groups is 1. The van der Waals surface area contributed by atoms with Gasteiger partial charge in [0.1, 0.15) is 13.2 Å². The Labute approximate surface area is 406 Å². The zero-order valence-corrected chi connectivity index (χ0v) is 45.4. The minimum atomic E-state index is -4.54. The lowest BCUT2D eigenvalue weighted by atomic mass is 10.0. The van der Waals surface area contributed by atoms with Crippen LogP contribution in [0.15, 0.2) is 0 Å². The first-order valence-electron chi connectivity index (χ1n) is 28.9. The summed E-state index contributed by atoms with van der Waals surface area (Å²) in [6.07, 6.45) is 58.6. The Morgan fingerprint density at radius 2 is 0.754 bits per heavy atom. The number of unbranched alkanes of at least 4 members (excludes halogenated alkanes) is 41. The van der Waals surface area contributed by atoms with E-state index in [0.717, 1.165) is 38.5 Å². The average Bonchev–Trinajstić information content (AvgIpc) is 3.26. The molecule has 1 amide bonds. The van der Waals surface area contributed by atoms with E-state index in [0.29, 0.717) is 23.9 Å². The number of hydrogen-bond acceptors (Lipinski definition) is 6. The maximum absolute atomic E-state index is 12.7. The van der Waals surface area contributed by atoms with Crippen LogP contribution >= 0.6 is 7.82 Å². The molecule has 0 fully saturated rings. The molecule has 0 saturated heterocycles. The quantitative estimate of drug-likeness (QED) is 0.0357. The topological polar surface area (TPSA) is 108 Å². The summed E-state index contributed by atoms with van der Waals surface area (Å²) in [5, 5.41) is 13.6. The number of aliphatic hydroxyl groups excluding tert-OH is 1. The summed E-state index contributed by atoms with van der Waals surface area (Å²) >= 11 is 0. The monoisotopic (exact) mass is 943 g/mol. The highest BCUT2D eigenvalue weighted by atomic mass is 31.2. The summed E-state index contributed by atoms with van der Waals surface area (Å²) in [6, 6.07) is -0.791. The fraction of sp³-hybridized carbons (Fsp3) is 0.982. The lowest BCUT2D eigenvalue weighted by molar-refractivity contribution is -0.870. The Kier molecular flexibility index (Phi) is 48.1. The molecular weight excluding hydrogens is 828 g/mol. The molecule has 0 aromatic carbocycles. The number of rotatable bonds is 54. The molecule has 0 aliphatic rings. The lowest BCUT2D eigenvalue weighted by Crippen LogP contribution is -2.46. The smallest absolute Gasteiger partial charge is 0.268 e. The zero-order chi connectivity index (χ0) is 47.8. The Morgan fingerprint density at radius 1 is 0.477 bits per heavy atom. The van der Waals surface area contributed by atoms with Crippen molar-refractivity contribution in [2.75, 3.05) is 40.9 Å². The van der Waals surface area contributed by atoms with Gasteiger partial charge >= 0.3 is 0 Å². The van der Waals surface area contributed by atoms with E-state index in [1.165, 1.54) is 238 Å². The molecule has 2 N–H and O–H groups in total. The number of likely N-dealkylation sites (N-methyl/N-ethyl adjacent to an activating group) is 1. The van der Waals surface area contributed by atoms with Crippen molar-refractivity contribution in [2.24, 2.45) is 0 Å². The van der Waals surface area contributed by atoms with Crippen molar-refractivity contribution in [1.82, 2.24) is 5.32 Å². The fourth-order valence-corrected chi connectivity index (χ4v) is 9.77. The second-order valence-electron chi connectivity index (χ2n) is 21.4. The molecule has 0 aromatic rings. The number of nitrogens with zero attached hydrogens (tertiary/aromatic N) is 1. The summed E-state index contributed by atoms with van der Waals surface area (Å²) in [5.74, 6) is -0.170. The Bertz CT molecular complexity index is 1030. The molecule has 3 atom stereocenters. The van der Waals surface area contributed by atoms with Crippen LogP contribution in [0.5, 0.6) is 0 Å². The van der Waals surface area contributed by atoms with Crippen molar-refractivity contribution in [3.05, 3.63) is 0 Å². The summed E-state index contributed by atoms with van der Waals surface area (Å²) in [4.78, 5) is 25.0. The van der Waals surface area contributed by atoms with Crippen molar-refractivity contribution < 1.29 is 32.9 Å². The van der Waals surface area contributed by atoms with Crippen molar-refractivity contribution in [3.63, 3.8) is 0 Å². The van der Waals surface area contributed by atoms with E-state index < -0.39 is 20.0 Å². The first-order chi connectivity index (χ1) is 31.5. The Balaban J connectivity index is 3.52. The minimum absolute atomic E-state index is 0.0140. The molecular formula is C56H115N2O6P. The van der Waals surface area contributed by atoms with Gasteiger partial charge in [-0.05, 0) is 12.8 Å². The number of nitrogens with one attached hydrogen (secondary N) is 1. The second-order valence-corrected chi connectivity index (χ2v) is 22.8. The third-order valence-corrected chi connectivity index (χ3v) is 14.6. The van der Waals surface area contributed by atoms with Gasteiger partial charge in [0.05, 0.1) is 39.9 Å². The Morgan fingerprint density at radius 3 is 1.05 bits per heavy atom. The molecule has 9 heteroatoms. The van der Waals surface area contributed by atoms with Crippen LogP contribution in [0.1, 0.15) is 303 Å². The lowest BCUT2D eigenvalue weighted by Gasteiger charge is -2.30. The molecule has 0 saturated carbocycles. The van der Waals surface area contributed by atoms with Crippen LogP contribution in [0.3, 0.4) is 0 Å². The van der Waals surface area contributed by atoms with Crippen molar-refractivity contribution in [3.8, 4) is 0 Å². The summed E-state index contributed by atoms with van der Waals surface area (Å²) in [5.41, 5.74) is 0. The van der Waals surface area contributed by atoms with Crippen molar-refractivity contribution in [2.45, 2.75) is 315 Å². The van der Waals surface area contributed by atoms with Crippen LogP contribution in [0.2, 0.25) is 0 Å². The molecule has 0 heterocycles. The highest BCUT2D eigenvalue weighted by Gasteiger charge is 2.24. The van der Waals surface area contributed by atoms with E-state index in [-0.39, 0.29) is 19.1 Å². The number of hydrogen-bond donors (Lipinski definition) is 2. The molecule has 8 nitrogen and oxygen atoms in total. The molecule has 0 bridgehead atoms. The van der Waals surface area contributed by atoms with Crippen LogP contribution in [0, 0.1) is 0 Å². The van der Waals surface area contributed by atoms with E-state index in [2.05, 4.69) is 19.2 Å². The van der Waals surface area contributed by atoms with Gasteiger partial charge in [0.25, 0.3) is 7.82 Å². The number of carbonyl (C=O) groups is 1. The second kappa shape index (κ2) is 48.5. The van der Waals surface area contributed by atoms with E-state index in [9.17, 15) is 19.4 Å². The molecule has 0 aliphatic heterocycles. The average molecular weight is 944 g/mol. The van der Waals surface area contributed by atoms with Gasteiger partial charge in [-0.15, -0.1) is 0 Å². The highest BCUT2D eigenvalue weighted by Crippen LogP contribution is 2.38. The SMILES string of the molecule is CCCCCCCCCCCCCCCCCCCCCCCCCCCCCCCCCCCCCCCCCCC(=O)NC(COP(=O)([O-])OCC[N+](C)(C)C)C(O)CCCCC. The summed E-state index contributed by atoms with van der Waals surface area (Å²) in [6.45, 7) is 4.58. The van der Waals surface area contributed by atoms with Gasteiger partial charge in [-0.3, -0.25) is 9.36 Å². The third kappa shape index (κ3) is 51.2. The molecule has 3 unspecified atom stereocenters. The predicted octanol–water partition coefficient (Wildman–Crippen LogP) is 16.6. The number of amides is 1. The van der Waals surface area contributed by atoms with Gasteiger partial charge in [-0.1, -0.05) is 284 Å². The highest BCUT2D eigenvalue weighted by molar-refractivity contribution is 7.45. The normalized spacial score (nSPS) is 13.9. The van der Waals surface area contributed by atoms with Crippen LogP contribution in [-0.4, -0.2) is 68.5 Å². The summed E-state index contributed by atoms with van der Waals surface area (Å²) in [7, 11) is 1.31. The van der Waals surface area contributed by atoms with Crippen LogP contribution in [0.25, 0.3) is 0 Å². The largest absolute Gasteiger partial charge is 0.756 e. The molecule has 0 spiro atoms.